The van der Waals surface area contributed by atoms with Gasteiger partial charge in [-0.3, -0.25) is 0 Å². The molecular weight excluding hydrogens is 615 g/mol. The lowest BCUT2D eigenvalue weighted by molar-refractivity contribution is -0.00518. The van der Waals surface area contributed by atoms with Crippen LogP contribution in [0.1, 0.15) is 68.1 Å². The third kappa shape index (κ3) is 5.72. The summed E-state index contributed by atoms with van der Waals surface area (Å²) in [6, 6.07) is 54.8. The quantitative estimate of drug-likeness (QED) is 0.165. The van der Waals surface area contributed by atoms with E-state index in [2.05, 4.69) is 150 Å². The standard InChI is InChI=1S/C50H47N/c1-2-7-38(8-3-1)40-15-23-45(24-16-40)51(47-27-19-43(20-28-47)49-12-6-10-42-9-4-5-11-48(42)49)46-25-17-41(18-26-46)39-13-21-44(22-14-39)50-32-35-29-36(33-50)31-37(30-35)34-50/h1-3,6-8,10,12-28,35-37H,4-5,9,11,29-34H2. The molecule has 0 spiro atoms. The van der Waals surface area contributed by atoms with Crippen molar-refractivity contribution in [1.82, 2.24) is 0 Å². The Morgan fingerprint density at radius 1 is 0.412 bits per heavy atom. The highest BCUT2D eigenvalue weighted by Gasteiger charge is 2.51. The molecule has 11 rings (SSSR count). The zero-order valence-electron chi connectivity index (χ0n) is 29.6. The number of rotatable bonds is 7. The average Bonchev–Trinajstić information content (AvgIpc) is 3.19. The summed E-state index contributed by atoms with van der Waals surface area (Å²) in [5.41, 5.74) is 16.4. The molecule has 0 aromatic heterocycles. The summed E-state index contributed by atoms with van der Waals surface area (Å²) in [6.07, 6.45) is 13.7. The zero-order valence-corrected chi connectivity index (χ0v) is 29.6. The number of hydrogen-bond acceptors (Lipinski definition) is 1. The highest BCUT2D eigenvalue weighted by molar-refractivity contribution is 5.81. The van der Waals surface area contributed by atoms with E-state index in [9.17, 15) is 0 Å². The van der Waals surface area contributed by atoms with Gasteiger partial charge in [-0.25, -0.2) is 0 Å². The summed E-state index contributed by atoms with van der Waals surface area (Å²) in [5.74, 6) is 2.92. The summed E-state index contributed by atoms with van der Waals surface area (Å²) in [6.45, 7) is 0. The van der Waals surface area contributed by atoms with Crippen molar-refractivity contribution in [3.05, 3.63) is 162 Å². The van der Waals surface area contributed by atoms with Crippen molar-refractivity contribution in [2.24, 2.45) is 17.8 Å². The van der Waals surface area contributed by atoms with E-state index in [4.69, 9.17) is 0 Å². The van der Waals surface area contributed by atoms with Crippen molar-refractivity contribution in [3.8, 4) is 33.4 Å². The van der Waals surface area contributed by atoms with Crippen LogP contribution in [0.3, 0.4) is 0 Å². The second-order valence-electron chi connectivity index (χ2n) is 16.3. The van der Waals surface area contributed by atoms with Crippen LogP contribution in [-0.2, 0) is 18.3 Å². The van der Waals surface area contributed by atoms with Gasteiger partial charge in [0.2, 0.25) is 0 Å². The largest absolute Gasteiger partial charge is 0.311 e. The van der Waals surface area contributed by atoms with Crippen molar-refractivity contribution in [1.29, 1.82) is 0 Å². The van der Waals surface area contributed by atoms with Crippen LogP contribution < -0.4 is 4.90 Å². The van der Waals surface area contributed by atoms with Crippen LogP contribution in [0.25, 0.3) is 33.4 Å². The Bertz CT molecular complexity index is 2100. The van der Waals surface area contributed by atoms with Crippen LogP contribution in [0.15, 0.2) is 146 Å². The summed E-state index contributed by atoms with van der Waals surface area (Å²) in [4.78, 5) is 2.40. The Labute approximate surface area is 304 Å². The van der Waals surface area contributed by atoms with Crippen molar-refractivity contribution >= 4 is 17.1 Å². The van der Waals surface area contributed by atoms with Gasteiger partial charge in [0.05, 0.1) is 0 Å². The maximum Gasteiger partial charge on any atom is 0.0462 e. The van der Waals surface area contributed by atoms with E-state index < -0.39 is 0 Å². The minimum Gasteiger partial charge on any atom is -0.311 e. The smallest absolute Gasteiger partial charge is 0.0462 e. The van der Waals surface area contributed by atoms with Crippen LogP contribution in [-0.4, -0.2) is 0 Å². The molecule has 0 amide bonds. The first kappa shape index (κ1) is 30.9. The topological polar surface area (TPSA) is 3.24 Å². The third-order valence-electron chi connectivity index (χ3n) is 13.1. The number of anilines is 3. The molecule has 4 fully saturated rings. The number of nitrogens with zero attached hydrogens (tertiary/aromatic N) is 1. The molecule has 5 aliphatic carbocycles. The molecule has 51 heavy (non-hydrogen) atoms. The summed E-state index contributed by atoms with van der Waals surface area (Å²) in [7, 11) is 0. The molecule has 1 nitrogen and oxygen atoms in total. The Morgan fingerprint density at radius 2 is 0.882 bits per heavy atom. The zero-order chi connectivity index (χ0) is 33.8. The third-order valence-corrected chi connectivity index (χ3v) is 13.1. The van der Waals surface area contributed by atoms with Gasteiger partial charge < -0.3 is 4.90 Å². The molecule has 1 heteroatoms. The van der Waals surface area contributed by atoms with Crippen LogP contribution in [0.4, 0.5) is 17.1 Å². The molecule has 6 aromatic rings. The summed E-state index contributed by atoms with van der Waals surface area (Å²) >= 11 is 0. The van der Waals surface area contributed by atoms with Crippen LogP contribution in [0.2, 0.25) is 0 Å². The molecule has 0 atom stereocenters. The van der Waals surface area contributed by atoms with Gasteiger partial charge in [-0.2, -0.15) is 0 Å². The predicted molar refractivity (Wildman–Crippen MR) is 214 cm³/mol. The summed E-state index contributed by atoms with van der Waals surface area (Å²) < 4.78 is 0. The van der Waals surface area contributed by atoms with Gasteiger partial charge in [0, 0.05) is 17.1 Å². The fourth-order valence-corrected chi connectivity index (χ4v) is 11.0. The van der Waals surface area contributed by atoms with Gasteiger partial charge in [-0.15, -0.1) is 0 Å². The Morgan fingerprint density at radius 3 is 1.43 bits per heavy atom. The number of aryl methyl sites for hydroxylation is 1. The Hall–Kier alpha value is -4.88. The number of fused-ring (bicyclic) bond motifs is 1. The molecule has 5 aliphatic rings. The molecule has 252 valence electrons. The molecule has 0 heterocycles. The van der Waals surface area contributed by atoms with Gasteiger partial charge in [-0.1, -0.05) is 109 Å². The van der Waals surface area contributed by atoms with Gasteiger partial charge >= 0.3 is 0 Å². The van der Waals surface area contributed by atoms with Gasteiger partial charge in [0.1, 0.15) is 0 Å². The number of hydrogen-bond donors (Lipinski definition) is 0. The van der Waals surface area contributed by atoms with Gasteiger partial charge in [0.15, 0.2) is 0 Å². The first-order chi connectivity index (χ1) is 25.2. The van der Waals surface area contributed by atoms with Crippen molar-refractivity contribution in [3.63, 3.8) is 0 Å². The fraction of sp³-hybridized carbons (Fsp3) is 0.280. The molecule has 0 radical (unpaired) electrons. The van der Waals surface area contributed by atoms with Crippen molar-refractivity contribution in [2.45, 2.75) is 69.6 Å². The van der Waals surface area contributed by atoms with Crippen LogP contribution in [0, 0.1) is 17.8 Å². The van der Waals surface area contributed by atoms with Crippen molar-refractivity contribution in [2.75, 3.05) is 4.90 Å². The second-order valence-corrected chi connectivity index (χ2v) is 16.3. The molecule has 0 N–H and O–H groups in total. The van der Waals surface area contributed by atoms with Gasteiger partial charge in [0.25, 0.3) is 0 Å². The van der Waals surface area contributed by atoms with Crippen molar-refractivity contribution < 1.29 is 0 Å². The molecule has 6 aromatic carbocycles. The molecule has 4 bridgehead atoms. The maximum atomic E-state index is 2.47. The minimum absolute atomic E-state index is 0.448. The first-order valence-electron chi connectivity index (χ1n) is 19.6. The maximum absolute atomic E-state index is 2.47. The van der Waals surface area contributed by atoms with E-state index in [1.807, 2.05) is 0 Å². The van der Waals surface area contributed by atoms with E-state index in [0.717, 1.165) is 23.4 Å². The Balaban J connectivity index is 0.964. The van der Waals surface area contributed by atoms with Crippen LogP contribution >= 0.6 is 0 Å². The normalized spacial score (nSPS) is 23.2. The predicted octanol–water partition coefficient (Wildman–Crippen LogP) is 13.5. The van der Waals surface area contributed by atoms with E-state index in [1.54, 1.807) is 11.1 Å². The van der Waals surface area contributed by atoms with E-state index in [1.165, 1.54) is 115 Å². The molecule has 0 unspecified atom stereocenters. The van der Waals surface area contributed by atoms with E-state index in [-0.39, 0.29) is 0 Å². The SMILES string of the molecule is c1ccc(-c2ccc(N(c3ccc(-c4ccc(C56CC7CC(CC(C7)C5)C6)cc4)cc3)c3ccc(-c4cccc5c4CCCC5)cc3)cc2)cc1. The van der Waals surface area contributed by atoms with E-state index >= 15 is 0 Å². The highest BCUT2D eigenvalue weighted by Crippen LogP contribution is 2.60. The lowest BCUT2D eigenvalue weighted by atomic mass is 9.48. The lowest BCUT2D eigenvalue weighted by Crippen LogP contribution is -2.48. The first-order valence-corrected chi connectivity index (χ1v) is 19.6. The summed E-state index contributed by atoms with van der Waals surface area (Å²) in [5, 5.41) is 0. The lowest BCUT2D eigenvalue weighted by Gasteiger charge is -2.57. The average molecular weight is 662 g/mol. The van der Waals surface area contributed by atoms with Crippen LogP contribution in [0.5, 0.6) is 0 Å². The molecular formula is C50H47N. The Kier molecular flexibility index (Phi) is 7.70. The number of benzene rings is 6. The second kappa shape index (κ2) is 12.7. The van der Waals surface area contributed by atoms with Gasteiger partial charge in [-0.05, 0) is 174 Å². The fourth-order valence-electron chi connectivity index (χ4n) is 11.0. The molecule has 0 aliphatic heterocycles. The van der Waals surface area contributed by atoms with E-state index in [0.29, 0.717) is 5.41 Å². The monoisotopic (exact) mass is 661 g/mol. The highest BCUT2D eigenvalue weighted by atomic mass is 15.1. The molecule has 0 saturated heterocycles. The molecule has 4 saturated carbocycles. The minimum atomic E-state index is 0.448.